The fraction of sp³-hybridized carbons (Fsp3) is 0.100. The summed E-state index contributed by atoms with van der Waals surface area (Å²) < 4.78 is 0. The lowest BCUT2D eigenvalue weighted by atomic mass is 10.0. The number of thioether (sulfide) groups is 1. The summed E-state index contributed by atoms with van der Waals surface area (Å²) in [6.45, 7) is 0. The molecule has 0 saturated carbocycles. The summed E-state index contributed by atoms with van der Waals surface area (Å²) in [6, 6.07) is 14.7. The van der Waals surface area contributed by atoms with E-state index in [-0.39, 0.29) is 17.5 Å². The van der Waals surface area contributed by atoms with Crippen LogP contribution in [0.3, 0.4) is 0 Å². The van der Waals surface area contributed by atoms with Gasteiger partial charge in [-0.1, -0.05) is 30.3 Å². The van der Waals surface area contributed by atoms with Crippen molar-refractivity contribution in [1.82, 2.24) is 4.98 Å². The Morgan fingerprint density at radius 2 is 1.89 bits per heavy atom. The number of nitriles is 2. The topological polar surface area (TPSA) is 118 Å². The van der Waals surface area contributed by atoms with E-state index in [9.17, 15) is 20.1 Å². The van der Waals surface area contributed by atoms with Gasteiger partial charge >= 0.3 is 5.97 Å². The molecule has 6 nitrogen and oxygen atoms in total. The summed E-state index contributed by atoms with van der Waals surface area (Å²) in [4.78, 5) is 26.6. The number of nitrogens with one attached hydrogen (secondary N) is 1. The second-order valence-corrected chi connectivity index (χ2v) is 7.72. The van der Waals surface area contributed by atoms with Gasteiger partial charge in [0.1, 0.15) is 17.7 Å². The van der Waals surface area contributed by atoms with Crippen molar-refractivity contribution in [2.45, 2.75) is 17.2 Å². The Balaban J connectivity index is 1.98. The highest BCUT2D eigenvalue weighted by atomic mass is 32.2. The van der Waals surface area contributed by atoms with Gasteiger partial charge in [0.15, 0.2) is 0 Å². The predicted octanol–water partition coefficient (Wildman–Crippen LogP) is 3.77. The number of carboxylic acids is 1. The summed E-state index contributed by atoms with van der Waals surface area (Å²) >= 11 is 2.62. The fourth-order valence-corrected chi connectivity index (χ4v) is 4.46. The van der Waals surface area contributed by atoms with Crippen LogP contribution in [0.4, 0.5) is 0 Å². The molecule has 2 aromatic heterocycles. The Morgan fingerprint density at radius 3 is 2.54 bits per heavy atom. The van der Waals surface area contributed by atoms with E-state index >= 15 is 0 Å². The van der Waals surface area contributed by atoms with Gasteiger partial charge in [-0.15, -0.1) is 23.1 Å². The van der Waals surface area contributed by atoms with Crippen LogP contribution in [0, 0.1) is 22.7 Å². The molecule has 0 saturated heterocycles. The highest BCUT2D eigenvalue weighted by molar-refractivity contribution is 7.98. The maximum Gasteiger partial charge on any atom is 0.307 e. The molecule has 0 atom stereocenters. The summed E-state index contributed by atoms with van der Waals surface area (Å²) in [5.74, 6) is -0.470. The lowest BCUT2D eigenvalue weighted by molar-refractivity contribution is -0.136. The van der Waals surface area contributed by atoms with E-state index in [2.05, 4.69) is 11.1 Å². The molecule has 0 aliphatic rings. The molecule has 0 amide bonds. The Bertz CT molecular complexity index is 1170. The van der Waals surface area contributed by atoms with Crippen molar-refractivity contribution in [3.05, 3.63) is 74.4 Å². The Labute approximate surface area is 168 Å². The lowest BCUT2D eigenvalue weighted by Gasteiger charge is -2.10. The summed E-state index contributed by atoms with van der Waals surface area (Å²) in [5, 5.41) is 30.2. The van der Waals surface area contributed by atoms with E-state index < -0.39 is 11.5 Å². The normalized spacial score (nSPS) is 10.2. The third kappa shape index (κ3) is 4.15. The van der Waals surface area contributed by atoms with Crippen LogP contribution in [0.2, 0.25) is 0 Å². The zero-order valence-electron chi connectivity index (χ0n) is 14.4. The second kappa shape index (κ2) is 8.57. The number of H-pyrrole nitrogens is 1. The van der Waals surface area contributed by atoms with E-state index in [4.69, 9.17) is 5.11 Å². The first-order chi connectivity index (χ1) is 13.5. The smallest absolute Gasteiger partial charge is 0.307 e. The Hall–Kier alpha value is -3.33. The van der Waals surface area contributed by atoms with E-state index in [1.807, 2.05) is 17.5 Å². The molecule has 8 heteroatoms. The van der Waals surface area contributed by atoms with Gasteiger partial charge in [-0.05, 0) is 22.6 Å². The van der Waals surface area contributed by atoms with Crippen LogP contribution < -0.4 is 5.56 Å². The van der Waals surface area contributed by atoms with Crippen molar-refractivity contribution in [3.63, 3.8) is 0 Å². The minimum absolute atomic E-state index is 0.0713. The number of hydrogen-bond acceptors (Lipinski definition) is 6. The van der Waals surface area contributed by atoms with Gasteiger partial charge in [-0.25, -0.2) is 0 Å². The Kier molecular flexibility index (Phi) is 5.95. The molecule has 2 heterocycles. The monoisotopic (exact) mass is 407 g/mol. The molecule has 3 rings (SSSR count). The maximum absolute atomic E-state index is 12.4. The summed E-state index contributed by atoms with van der Waals surface area (Å²) in [6.07, 6.45) is -0.0713. The fourth-order valence-electron chi connectivity index (χ4n) is 2.73. The van der Waals surface area contributed by atoms with Crippen LogP contribution in [0.25, 0.3) is 10.4 Å². The van der Waals surface area contributed by atoms with Crippen LogP contribution >= 0.6 is 23.1 Å². The number of aromatic amines is 1. The van der Waals surface area contributed by atoms with Crippen LogP contribution in [0.5, 0.6) is 0 Å². The van der Waals surface area contributed by atoms with E-state index in [1.165, 1.54) is 23.1 Å². The quantitative estimate of drug-likeness (QED) is 0.601. The number of aromatic nitrogens is 1. The number of hydrogen-bond donors (Lipinski definition) is 2. The van der Waals surface area contributed by atoms with Gasteiger partial charge in [0.25, 0.3) is 5.56 Å². The molecule has 0 aliphatic carbocycles. The van der Waals surface area contributed by atoms with Gasteiger partial charge in [0, 0.05) is 16.2 Å². The zero-order chi connectivity index (χ0) is 20.1. The van der Waals surface area contributed by atoms with Crippen molar-refractivity contribution in [2.24, 2.45) is 0 Å². The number of aliphatic carboxylic acids is 1. The molecule has 2 N–H and O–H groups in total. The molecule has 1 aromatic carbocycles. The lowest BCUT2D eigenvalue weighted by Crippen LogP contribution is -2.14. The molecule has 28 heavy (non-hydrogen) atoms. The summed E-state index contributed by atoms with van der Waals surface area (Å²) in [7, 11) is 0. The minimum atomic E-state index is -0.909. The van der Waals surface area contributed by atoms with Crippen molar-refractivity contribution in [1.29, 1.82) is 10.5 Å². The van der Waals surface area contributed by atoms with E-state index in [1.54, 1.807) is 30.3 Å². The minimum Gasteiger partial charge on any atom is -0.481 e. The number of thiophene rings is 1. The van der Waals surface area contributed by atoms with Crippen molar-refractivity contribution in [2.75, 3.05) is 0 Å². The third-order valence-corrected chi connectivity index (χ3v) is 5.86. The van der Waals surface area contributed by atoms with Gasteiger partial charge in [0.05, 0.1) is 17.0 Å². The predicted molar refractivity (Wildman–Crippen MR) is 107 cm³/mol. The molecule has 0 radical (unpaired) electrons. The molecule has 138 valence electrons. The highest BCUT2D eigenvalue weighted by Crippen LogP contribution is 2.34. The van der Waals surface area contributed by atoms with Crippen LogP contribution in [0.1, 0.15) is 22.3 Å². The molecule has 0 bridgehead atoms. The van der Waals surface area contributed by atoms with Gasteiger partial charge < -0.3 is 10.1 Å². The molecule has 0 aliphatic heterocycles. The van der Waals surface area contributed by atoms with E-state index in [0.29, 0.717) is 26.8 Å². The first-order valence-corrected chi connectivity index (χ1v) is 9.96. The third-order valence-electron chi connectivity index (χ3n) is 3.90. The second-order valence-electron chi connectivity index (χ2n) is 5.79. The standard InChI is InChI=1S/C20H13N3O3S2/c21-9-14-18(16-5-2-6-27-16)15(10-22)20(23-19(14)26)28-11-13-4-1-3-12(7-13)8-17(24)25/h1-7H,8,11H2,(H,23,26)(H,24,25). The SMILES string of the molecule is N#Cc1c(SCc2cccc(CC(=O)O)c2)[nH]c(=O)c(C#N)c1-c1cccs1. The number of carbonyl (C=O) groups is 1. The molecule has 3 aromatic rings. The number of carboxylic acid groups (broad SMARTS) is 1. The van der Waals surface area contributed by atoms with E-state index in [0.717, 1.165) is 5.56 Å². The maximum atomic E-state index is 12.4. The largest absolute Gasteiger partial charge is 0.481 e. The molecule has 0 unspecified atom stereocenters. The van der Waals surface area contributed by atoms with Crippen LogP contribution in [-0.4, -0.2) is 16.1 Å². The first kappa shape index (κ1) is 19.4. The van der Waals surface area contributed by atoms with Crippen molar-refractivity contribution in [3.8, 4) is 22.6 Å². The molecular formula is C20H13N3O3S2. The number of rotatable bonds is 6. The first-order valence-electron chi connectivity index (χ1n) is 8.10. The van der Waals surface area contributed by atoms with Crippen molar-refractivity contribution < 1.29 is 9.90 Å². The highest BCUT2D eigenvalue weighted by Gasteiger charge is 2.20. The van der Waals surface area contributed by atoms with Gasteiger partial charge in [-0.2, -0.15) is 10.5 Å². The number of benzene rings is 1. The van der Waals surface area contributed by atoms with Crippen LogP contribution in [-0.2, 0) is 17.0 Å². The summed E-state index contributed by atoms with van der Waals surface area (Å²) in [5.41, 5.74) is 1.55. The Morgan fingerprint density at radius 1 is 1.14 bits per heavy atom. The van der Waals surface area contributed by atoms with Gasteiger partial charge in [-0.3, -0.25) is 9.59 Å². The molecule has 0 spiro atoms. The molecular weight excluding hydrogens is 394 g/mol. The van der Waals surface area contributed by atoms with Gasteiger partial charge in [0.2, 0.25) is 0 Å². The number of pyridine rings is 1. The number of nitrogens with zero attached hydrogens (tertiary/aromatic N) is 2. The average Bonchev–Trinajstić information content (AvgIpc) is 3.20. The zero-order valence-corrected chi connectivity index (χ0v) is 16.1. The molecule has 0 fully saturated rings. The van der Waals surface area contributed by atoms with Crippen molar-refractivity contribution >= 4 is 29.1 Å². The average molecular weight is 407 g/mol. The van der Waals surface area contributed by atoms with Crippen LogP contribution in [0.15, 0.2) is 51.6 Å².